The number of imidazole rings is 1. The van der Waals surface area contributed by atoms with Crippen molar-refractivity contribution >= 4 is 5.82 Å². The Morgan fingerprint density at radius 3 is 2.86 bits per heavy atom. The van der Waals surface area contributed by atoms with Gasteiger partial charge in [0.25, 0.3) is 0 Å². The van der Waals surface area contributed by atoms with Crippen molar-refractivity contribution in [3.8, 4) is 11.3 Å². The highest BCUT2D eigenvalue weighted by Crippen LogP contribution is 2.21. The van der Waals surface area contributed by atoms with E-state index in [1.54, 1.807) is 6.20 Å². The number of anilines is 1. The van der Waals surface area contributed by atoms with Gasteiger partial charge in [-0.2, -0.15) is 0 Å². The van der Waals surface area contributed by atoms with Gasteiger partial charge in [-0.25, -0.2) is 9.97 Å². The average molecular weight is 285 g/mol. The van der Waals surface area contributed by atoms with E-state index in [1.165, 1.54) is 32.4 Å². The number of nitrogens with two attached hydrogens (primary N) is 1. The van der Waals surface area contributed by atoms with Crippen LogP contribution in [0.25, 0.3) is 11.3 Å². The first-order valence-corrected chi connectivity index (χ1v) is 7.70. The molecule has 1 saturated heterocycles. The van der Waals surface area contributed by atoms with Crippen molar-refractivity contribution in [2.75, 3.05) is 18.8 Å². The molecule has 3 rings (SSSR count). The minimum atomic E-state index is 0.525. The van der Waals surface area contributed by atoms with Gasteiger partial charge in [-0.1, -0.05) is 6.42 Å². The summed E-state index contributed by atoms with van der Waals surface area (Å²) >= 11 is 0. The van der Waals surface area contributed by atoms with Gasteiger partial charge in [0.1, 0.15) is 5.82 Å². The van der Waals surface area contributed by atoms with E-state index < -0.39 is 0 Å². The summed E-state index contributed by atoms with van der Waals surface area (Å²) in [4.78, 5) is 10.9. The zero-order chi connectivity index (χ0) is 14.7. The molecule has 112 valence electrons. The highest BCUT2D eigenvalue weighted by Gasteiger charge is 2.18. The SMILES string of the molecule is CC(Cn1cncc1-c1ccnc(N)c1)N1CCCCC1. The molecule has 0 spiro atoms. The second-order valence-electron chi connectivity index (χ2n) is 5.85. The van der Waals surface area contributed by atoms with Crippen LogP contribution in [0.15, 0.2) is 30.9 Å². The minimum absolute atomic E-state index is 0.525. The molecule has 0 saturated carbocycles. The van der Waals surface area contributed by atoms with Gasteiger partial charge in [0, 0.05) is 24.3 Å². The van der Waals surface area contributed by atoms with Crippen LogP contribution in [0.1, 0.15) is 26.2 Å². The Hall–Kier alpha value is -1.88. The van der Waals surface area contributed by atoms with E-state index in [0.717, 1.165) is 17.8 Å². The molecule has 5 nitrogen and oxygen atoms in total. The van der Waals surface area contributed by atoms with E-state index in [-0.39, 0.29) is 0 Å². The fraction of sp³-hybridized carbons (Fsp3) is 0.500. The second kappa shape index (κ2) is 6.26. The van der Waals surface area contributed by atoms with Gasteiger partial charge >= 0.3 is 0 Å². The summed E-state index contributed by atoms with van der Waals surface area (Å²) in [6.07, 6.45) is 9.57. The Morgan fingerprint density at radius 1 is 1.29 bits per heavy atom. The van der Waals surface area contributed by atoms with E-state index in [1.807, 2.05) is 24.7 Å². The van der Waals surface area contributed by atoms with Crippen LogP contribution in [-0.2, 0) is 6.54 Å². The van der Waals surface area contributed by atoms with Gasteiger partial charge in [-0.15, -0.1) is 0 Å². The first-order valence-electron chi connectivity index (χ1n) is 7.70. The summed E-state index contributed by atoms with van der Waals surface area (Å²) in [6, 6.07) is 4.41. The molecule has 2 N–H and O–H groups in total. The molecule has 2 aromatic rings. The number of piperidine rings is 1. The van der Waals surface area contributed by atoms with Gasteiger partial charge in [0.05, 0.1) is 18.2 Å². The number of nitrogen functional groups attached to an aromatic ring is 1. The number of nitrogens with zero attached hydrogens (tertiary/aromatic N) is 4. The summed E-state index contributed by atoms with van der Waals surface area (Å²) in [5.41, 5.74) is 7.96. The number of pyridine rings is 1. The molecule has 1 unspecified atom stereocenters. The second-order valence-corrected chi connectivity index (χ2v) is 5.85. The molecule has 21 heavy (non-hydrogen) atoms. The van der Waals surface area contributed by atoms with Crippen LogP contribution in [0.5, 0.6) is 0 Å². The summed E-state index contributed by atoms with van der Waals surface area (Å²) in [6.45, 7) is 5.69. The van der Waals surface area contributed by atoms with Gasteiger partial charge < -0.3 is 10.3 Å². The molecule has 1 aliphatic rings. The quantitative estimate of drug-likeness (QED) is 0.937. The number of likely N-dealkylation sites (tertiary alicyclic amines) is 1. The molecule has 1 fully saturated rings. The summed E-state index contributed by atoms with van der Waals surface area (Å²) in [5, 5.41) is 0. The van der Waals surface area contributed by atoms with E-state index in [4.69, 9.17) is 5.73 Å². The van der Waals surface area contributed by atoms with Crippen LogP contribution in [0.3, 0.4) is 0 Å². The lowest BCUT2D eigenvalue weighted by atomic mass is 10.1. The first kappa shape index (κ1) is 14.1. The van der Waals surface area contributed by atoms with Gasteiger partial charge in [0.15, 0.2) is 0 Å². The van der Waals surface area contributed by atoms with Crippen molar-refractivity contribution < 1.29 is 0 Å². The molecule has 5 heteroatoms. The van der Waals surface area contributed by atoms with Gasteiger partial charge in [-0.05, 0) is 45.0 Å². The maximum atomic E-state index is 5.78. The lowest BCUT2D eigenvalue weighted by Crippen LogP contribution is -2.39. The molecular formula is C16H23N5. The van der Waals surface area contributed by atoms with E-state index >= 15 is 0 Å². The van der Waals surface area contributed by atoms with Crippen molar-refractivity contribution in [1.82, 2.24) is 19.4 Å². The van der Waals surface area contributed by atoms with Gasteiger partial charge in [-0.3, -0.25) is 4.90 Å². The number of hydrogen-bond donors (Lipinski definition) is 1. The zero-order valence-corrected chi connectivity index (χ0v) is 12.6. The Morgan fingerprint density at radius 2 is 2.10 bits per heavy atom. The van der Waals surface area contributed by atoms with Gasteiger partial charge in [0.2, 0.25) is 0 Å². The van der Waals surface area contributed by atoms with E-state index in [2.05, 4.69) is 26.4 Å². The highest BCUT2D eigenvalue weighted by atomic mass is 15.2. The molecular weight excluding hydrogens is 262 g/mol. The minimum Gasteiger partial charge on any atom is -0.384 e. The standard InChI is InChI=1S/C16H23N5/c1-13(20-7-3-2-4-8-20)11-21-12-18-10-15(21)14-5-6-19-16(17)9-14/h5-6,9-10,12-13H,2-4,7-8,11H2,1H3,(H2,17,19). The van der Waals surface area contributed by atoms with Crippen LogP contribution in [-0.4, -0.2) is 38.6 Å². The van der Waals surface area contributed by atoms with Crippen LogP contribution in [0, 0.1) is 0 Å². The largest absolute Gasteiger partial charge is 0.384 e. The maximum Gasteiger partial charge on any atom is 0.123 e. The average Bonchev–Trinajstić information content (AvgIpc) is 2.96. The van der Waals surface area contributed by atoms with E-state index in [9.17, 15) is 0 Å². The molecule has 0 aliphatic carbocycles. The van der Waals surface area contributed by atoms with Crippen LogP contribution in [0.2, 0.25) is 0 Å². The maximum absolute atomic E-state index is 5.78. The third-order valence-electron chi connectivity index (χ3n) is 4.26. The fourth-order valence-corrected chi connectivity index (χ4v) is 3.07. The Balaban J connectivity index is 1.76. The number of hydrogen-bond acceptors (Lipinski definition) is 4. The first-order chi connectivity index (χ1) is 10.2. The predicted octanol–water partition coefficient (Wildman–Crippen LogP) is 2.40. The lowest BCUT2D eigenvalue weighted by Gasteiger charge is -2.32. The molecule has 0 radical (unpaired) electrons. The number of aromatic nitrogens is 3. The van der Waals surface area contributed by atoms with Crippen LogP contribution < -0.4 is 5.73 Å². The normalized spacial score (nSPS) is 17.8. The zero-order valence-electron chi connectivity index (χ0n) is 12.6. The van der Waals surface area contributed by atoms with Crippen molar-refractivity contribution in [1.29, 1.82) is 0 Å². The number of rotatable bonds is 4. The molecule has 0 bridgehead atoms. The third-order valence-corrected chi connectivity index (χ3v) is 4.26. The Kier molecular flexibility index (Phi) is 4.20. The van der Waals surface area contributed by atoms with E-state index in [0.29, 0.717) is 11.9 Å². The summed E-state index contributed by atoms with van der Waals surface area (Å²) in [7, 11) is 0. The van der Waals surface area contributed by atoms with Crippen molar-refractivity contribution in [3.63, 3.8) is 0 Å². The highest BCUT2D eigenvalue weighted by molar-refractivity contribution is 5.61. The van der Waals surface area contributed by atoms with Crippen LogP contribution in [0.4, 0.5) is 5.82 Å². The molecule has 0 amide bonds. The monoisotopic (exact) mass is 285 g/mol. The smallest absolute Gasteiger partial charge is 0.123 e. The Labute approximate surface area is 125 Å². The molecule has 2 aromatic heterocycles. The topological polar surface area (TPSA) is 60.0 Å². The third kappa shape index (κ3) is 3.24. The van der Waals surface area contributed by atoms with Crippen molar-refractivity contribution in [2.24, 2.45) is 0 Å². The molecule has 1 atom stereocenters. The predicted molar refractivity (Wildman–Crippen MR) is 84.8 cm³/mol. The molecule has 0 aromatic carbocycles. The van der Waals surface area contributed by atoms with Crippen LogP contribution >= 0.6 is 0 Å². The van der Waals surface area contributed by atoms with Crippen molar-refractivity contribution in [2.45, 2.75) is 38.8 Å². The summed E-state index contributed by atoms with van der Waals surface area (Å²) in [5.74, 6) is 0.546. The summed E-state index contributed by atoms with van der Waals surface area (Å²) < 4.78 is 2.22. The lowest BCUT2D eigenvalue weighted by molar-refractivity contribution is 0.160. The Bertz CT molecular complexity index is 586. The molecule has 3 heterocycles. The fourth-order valence-electron chi connectivity index (χ4n) is 3.07. The molecule has 1 aliphatic heterocycles. The van der Waals surface area contributed by atoms with Crippen molar-refractivity contribution in [3.05, 3.63) is 30.9 Å².